The van der Waals surface area contributed by atoms with Crippen LogP contribution in [0.2, 0.25) is 0 Å². The number of benzene rings is 1. The summed E-state index contributed by atoms with van der Waals surface area (Å²) in [5, 5.41) is 0. The quantitative estimate of drug-likeness (QED) is 0.776. The number of hydrogen-bond donors (Lipinski definition) is 0. The van der Waals surface area contributed by atoms with Gasteiger partial charge in [-0.15, -0.1) is 0 Å². The number of nitrogens with zero attached hydrogens (tertiary/aromatic N) is 1. The topological polar surface area (TPSA) is 12.5 Å². The van der Waals surface area contributed by atoms with Crippen LogP contribution in [0.25, 0.3) is 0 Å². The Balaban J connectivity index is 1.95. The highest BCUT2D eigenvalue weighted by Gasteiger charge is 2.46. The molecule has 1 aliphatic heterocycles. The molecule has 2 heteroatoms. The van der Waals surface area contributed by atoms with E-state index in [0.717, 1.165) is 6.42 Å². The monoisotopic (exact) mass is 279 g/mol. The van der Waals surface area contributed by atoms with Crippen molar-refractivity contribution < 1.29 is 4.74 Å². The highest BCUT2D eigenvalue weighted by atomic mass is 16.5. The lowest BCUT2D eigenvalue weighted by Gasteiger charge is -2.32. The first-order valence-electron chi connectivity index (χ1n) is 7.60. The van der Waals surface area contributed by atoms with Crippen LogP contribution < -0.4 is 0 Å². The van der Waals surface area contributed by atoms with Crippen LogP contribution in [0.5, 0.6) is 0 Å². The Labute approximate surface area is 126 Å². The Morgan fingerprint density at radius 1 is 1.29 bits per heavy atom. The van der Waals surface area contributed by atoms with Gasteiger partial charge in [-0.3, -0.25) is 0 Å². The third-order valence-electron chi connectivity index (χ3n) is 5.32. The second kappa shape index (κ2) is 4.35. The SMILES string of the molecule is COC1C=CC2=CN(C)C3CC(C)(C2=C1)c1ccccc13. The molecule has 2 aliphatic carbocycles. The van der Waals surface area contributed by atoms with Crippen LogP contribution in [0.15, 0.2) is 59.8 Å². The van der Waals surface area contributed by atoms with Gasteiger partial charge < -0.3 is 9.64 Å². The molecule has 0 radical (unpaired) electrons. The molecule has 108 valence electrons. The van der Waals surface area contributed by atoms with Gasteiger partial charge in [0.25, 0.3) is 0 Å². The largest absolute Gasteiger partial charge is 0.373 e. The fourth-order valence-electron chi connectivity index (χ4n) is 4.19. The highest BCUT2D eigenvalue weighted by Crippen LogP contribution is 2.55. The van der Waals surface area contributed by atoms with Gasteiger partial charge >= 0.3 is 0 Å². The number of methoxy groups -OCH3 is 1. The molecule has 1 aromatic carbocycles. The molecular weight excluding hydrogens is 258 g/mol. The van der Waals surface area contributed by atoms with Crippen LogP contribution >= 0.6 is 0 Å². The van der Waals surface area contributed by atoms with Gasteiger partial charge in [-0.1, -0.05) is 43.3 Å². The van der Waals surface area contributed by atoms with Crippen molar-refractivity contribution in [3.8, 4) is 0 Å². The number of allylic oxidation sites excluding steroid dienone is 3. The summed E-state index contributed by atoms with van der Waals surface area (Å²) in [6.07, 6.45) is 10.2. The third-order valence-corrected chi connectivity index (χ3v) is 5.32. The summed E-state index contributed by atoms with van der Waals surface area (Å²) in [5.41, 5.74) is 5.77. The van der Waals surface area contributed by atoms with Gasteiger partial charge in [0.2, 0.25) is 0 Å². The Bertz CT molecular complexity index is 685. The summed E-state index contributed by atoms with van der Waals surface area (Å²) < 4.78 is 5.54. The molecule has 4 rings (SSSR count). The molecule has 0 spiro atoms. The van der Waals surface area contributed by atoms with Crippen molar-refractivity contribution in [3.05, 3.63) is 71.0 Å². The van der Waals surface area contributed by atoms with E-state index in [1.165, 1.54) is 22.3 Å². The fraction of sp³-hybridized carbons (Fsp3) is 0.368. The van der Waals surface area contributed by atoms with E-state index in [2.05, 4.69) is 67.6 Å². The smallest absolute Gasteiger partial charge is 0.0943 e. The molecule has 3 atom stereocenters. The second-order valence-corrected chi connectivity index (χ2v) is 6.53. The van der Waals surface area contributed by atoms with E-state index < -0.39 is 0 Å². The van der Waals surface area contributed by atoms with E-state index in [9.17, 15) is 0 Å². The van der Waals surface area contributed by atoms with Crippen LogP contribution in [0.1, 0.15) is 30.5 Å². The van der Waals surface area contributed by atoms with E-state index in [1.807, 2.05) is 0 Å². The molecule has 3 unspecified atom stereocenters. The average Bonchev–Trinajstić information content (AvgIpc) is 2.76. The van der Waals surface area contributed by atoms with Gasteiger partial charge in [-0.25, -0.2) is 0 Å². The molecule has 1 aromatic rings. The average molecular weight is 279 g/mol. The van der Waals surface area contributed by atoms with Gasteiger partial charge in [0.15, 0.2) is 0 Å². The van der Waals surface area contributed by atoms with Crippen LogP contribution in [0.3, 0.4) is 0 Å². The molecule has 2 nitrogen and oxygen atoms in total. The standard InChI is InChI=1S/C19H21NO/c1-19-11-18(15-6-4-5-7-16(15)19)20(2)12-13-8-9-14(21-3)10-17(13)19/h4-10,12,14,18H,11H2,1-3H3. The minimum absolute atomic E-state index is 0.0827. The van der Waals surface area contributed by atoms with Crippen molar-refractivity contribution in [1.82, 2.24) is 4.90 Å². The first-order valence-corrected chi connectivity index (χ1v) is 7.60. The van der Waals surface area contributed by atoms with E-state index in [-0.39, 0.29) is 11.5 Å². The number of fused-ring (bicyclic) bond motifs is 7. The van der Waals surface area contributed by atoms with Crippen molar-refractivity contribution in [2.75, 3.05) is 14.2 Å². The maximum atomic E-state index is 5.54. The minimum Gasteiger partial charge on any atom is -0.373 e. The van der Waals surface area contributed by atoms with Crippen molar-refractivity contribution in [2.45, 2.75) is 30.9 Å². The molecule has 0 amide bonds. The number of hydrogen-bond acceptors (Lipinski definition) is 2. The Hall–Kier alpha value is -1.80. The fourth-order valence-corrected chi connectivity index (χ4v) is 4.19. The van der Waals surface area contributed by atoms with Gasteiger partial charge in [-0.2, -0.15) is 0 Å². The number of rotatable bonds is 1. The molecule has 3 aliphatic rings. The second-order valence-electron chi connectivity index (χ2n) is 6.53. The zero-order valence-electron chi connectivity index (χ0n) is 12.8. The minimum atomic E-state index is 0.0827. The molecule has 0 fully saturated rings. The lowest BCUT2D eigenvalue weighted by Crippen LogP contribution is -2.25. The van der Waals surface area contributed by atoms with Crippen LogP contribution in [-0.4, -0.2) is 25.2 Å². The van der Waals surface area contributed by atoms with E-state index >= 15 is 0 Å². The normalized spacial score (nSPS) is 33.0. The molecule has 0 N–H and O–H groups in total. The van der Waals surface area contributed by atoms with Gasteiger partial charge in [0.05, 0.1) is 12.1 Å². The first kappa shape index (κ1) is 12.9. The Morgan fingerprint density at radius 3 is 2.90 bits per heavy atom. The van der Waals surface area contributed by atoms with Crippen molar-refractivity contribution in [3.63, 3.8) is 0 Å². The maximum absolute atomic E-state index is 5.54. The molecular formula is C19H21NO. The number of ether oxygens (including phenoxy) is 1. The van der Waals surface area contributed by atoms with Crippen LogP contribution in [0.4, 0.5) is 0 Å². The van der Waals surface area contributed by atoms with Crippen LogP contribution in [0, 0.1) is 0 Å². The molecule has 1 heterocycles. The van der Waals surface area contributed by atoms with Gasteiger partial charge in [0.1, 0.15) is 0 Å². The lowest BCUT2D eigenvalue weighted by molar-refractivity contribution is 0.175. The van der Waals surface area contributed by atoms with Gasteiger partial charge in [0, 0.05) is 25.8 Å². The Morgan fingerprint density at radius 2 is 2.10 bits per heavy atom. The zero-order chi connectivity index (χ0) is 14.6. The summed E-state index contributed by atoms with van der Waals surface area (Å²) >= 11 is 0. The first-order chi connectivity index (χ1) is 10.1. The highest BCUT2D eigenvalue weighted by molar-refractivity contribution is 5.59. The van der Waals surface area contributed by atoms with Gasteiger partial charge in [-0.05, 0) is 34.8 Å². The molecule has 0 aromatic heterocycles. The van der Waals surface area contributed by atoms with E-state index in [1.54, 1.807) is 7.11 Å². The van der Waals surface area contributed by atoms with Crippen molar-refractivity contribution in [1.29, 1.82) is 0 Å². The van der Waals surface area contributed by atoms with Crippen molar-refractivity contribution >= 4 is 0 Å². The lowest BCUT2D eigenvalue weighted by atomic mass is 9.72. The summed E-state index contributed by atoms with van der Waals surface area (Å²) in [5.74, 6) is 0. The molecule has 21 heavy (non-hydrogen) atoms. The summed E-state index contributed by atoms with van der Waals surface area (Å²) in [6.45, 7) is 2.39. The predicted octanol–water partition coefficient (Wildman–Crippen LogP) is 3.73. The summed E-state index contributed by atoms with van der Waals surface area (Å²) in [4.78, 5) is 2.37. The molecule has 0 saturated carbocycles. The Kier molecular flexibility index (Phi) is 2.67. The zero-order valence-corrected chi connectivity index (χ0v) is 12.8. The predicted molar refractivity (Wildman–Crippen MR) is 85.0 cm³/mol. The molecule has 0 saturated heterocycles. The summed E-state index contributed by atoms with van der Waals surface area (Å²) in [7, 11) is 3.97. The maximum Gasteiger partial charge on any atom is 0.0943 e. The summed E-state index contributed by atoms with van der Waals surface area (Å²) in [6, 6.07) is 9.38. The molecule has 2 bridgehead atoms. The van der Waals surface area contributed by atoms with E-state index in [4.69, 9.17) is 4.74 Å². The van der Waals surface area contributed by atoms with E-state index in [0.29, 0.717) is 6.04 Å². The third kappa shape index (κ3) is 1.69. The van der Waals surface area contributed by atoms with Crippen molar-refractivity contribution in [2.24, 2.45) is 0 Å². The van der Waals surface area contributed by atoms with Crippen LogP contribution in [-0.2, 0) is 10.2 Å².